The fourth-order valence-electron chi connectivity index (χ4n) is 3.08. The predicted octanol–water partition coefficient (Wildman–Crippen LogP) is 1.06. The van der Waals surface area contributed by atoms with Gasteiger partial charge in [-0.05, 0) is 32.6 Å². The molecular weight excluding hydrogens is 216 g/mol. The van der Waals surface area contributed by atoms with Crippen molar-refractivity contribution in [1.82, 2.24) is 4.90 Å². The molecule has 0 radical (unpaired) electrons. The van der Waals surface area contributed by atoms with Crippen molar-refractivity contribution >= 4 is 5.97 Å². The summed E-state index contributed by atoms with van der Waals surface area (Å²) in [7, 11) is 0. The number of rotatable bonds is 4. The van der Waals surface area contributed by atoms with E-state index in [2.05, 4.69) is 4.90 Å². The summed E-state index contributed by atoms with van der Waals surface area (Å²) in [6.07, 6.45) is 8.17. The Balaban J connectivity index is 1.82. The van der Waals surface area contributed by atoms with E-state index in [0.29, 0.717) is 24.7 Å². The van der Waals surface area contributed by atoms with Gasteiger partial charge < -0.3 is 10.5 Å². The fraction of sp³-hybridized carbons (Fsp3) is 0.769. The molecule has 17 heavy (non-hydrogen) atoms. The third kappa shape index (κ3) is 3.07. The minimum atomic E-state index is -0.242. The Hall–Kier alpha value is -0.870. The van der Waals surface area contributed by atoms with Gasteiger partial charge in [-0.2, -0.15) is 0 Å². The van der Waals surface area contributed by atoms with Crippen LogP contribution in [0.15, 0.2) is 12.2 Å². The van der Waals surface area contributed by atoms with Crippen LogP contribution in [0.2, 0.25) is 0 Å². The Kier molecular flexibility index (Phi) is 4.18. The Bertz CT molecular complexity index is 290. The van der Waals surface area contributed by atoms with Gasteiger partial charge in [-0.25, -0.2) is 4.79 Å². The molecular formula is C13H22N2O2. The molecule has 2 heterocycles. The summed E-state index contributed by atoms with van der Waals surface area (Å²) in [4.78, 5) is 13.7. The lowest BCUT2D eigenvalue weighted by Crippen LogP contribution is -2.47. The number of ether oxygens (including phenoxy) is 1. The van der Waals surface area contributed by atoms with Gasteiger partial charge in [-0.3, -0.25) is 4.90 Å². The van der Waals surface area contributed by atoms with Gasteiger partial charge in [0.1, 0.15) is 0 Å². The molecule has 2 rings (SSSR count). The second kappa shape index (κ2) is 5.65. The molecule has 4 nitrogen and oxygen atoms in total. The van der Waals surface area contributed by atoms with E-state index >= 15 is 0 Å². The molecule has 2 aliphatic heterocycles. The SMILES string of the molecule is CCOC(=O)/C=C/CN1C2CCC1CC(N)C2. The number of carbonyl (C=O) groups is 1. The molecule has 2 fully saturated rings. The van der Waals surface area contributed by atoms with Crippen LogP contribution >= 0.6 is 0 Å². The first kappa shape index (κ1) is 12.6. The van der Waals surface area contributed by atoms with Crippen LogP contribution in [0.4, 0.5) is 0 Å². The zero-order chi connectivity index (χ0) is 12.3. The second-order valence-corrected chi connectivity index (χ2v) is 4.97. The maximum atomic E-state index is 11.2. The van der Waals surface area contributed by atoms with Crippen LogP contribution in [0.25, 0.3) is 0 Å². The van der Waals surface area contributed by atoms with E-state index in [-0.39, 0.29) is 5.97 Å². The second-order valence-electron chi connectivity index (χ2n) is 4.97. The molecule has 2 aliphatic rings. The number of esters is 1. The van der Waals surface area contributed by atoms with E-state index in [1.165, 1.54) is 18.9 Å². The van der Waals surface area contributed by atoms with Crippen LogP contribution in [0.1, 0.15) is 32.6 Å². The number of nitrogens with two attached hydrogens (primary N) is 1. The molecule has 0 aromatic rings. The zero-order valence-electron chi connectivity index (χ0n) is 10.5. The van der Waals surface area contributed by atoms with Crippen molar-refractivity contribution in [2.24, 2.45) is 5.73 Å². The summed E-state index contributed by atoms with van der Waals surface area (Å²) < 4.78 is 4.85. The molecule has 0 saturated carbocycles. The van der Waals surface area contributed by atoms with E-state index in [4.69, 9.17) is 10.5 Å². The summed E-state index contributed by atoms with van der Waals surface area (Å²) in [5.41, 5.74) is 6.02. The number of fused-ring (bicyclic) bond motifs is 2. The van der Waals surface area contributed by atoms with Crippen LogP contribution in [0, 0.1) is 0 Å². The van der Waals surface area contributed by atoms with Gasteiger partial charge in [0.2, 0.25) is 0 Å². The quantitative estimate of drug-likeness (QED) is 0.588. The summed E-state index contributed by atoms with van der Waals surface area (Å²) in [5, 5.41) is 0. The van der Waals surface area contributed by atoms with Gasteiger partial charge >= 0.3 is 5.97 Å². The van der Waals surface area contributed by atoms with Crippen LogP contribution in [-0.4, -0.2) is 42.1 Å². The maximum Gasteiger partial charge on any atom is 0.330 e. The first-order valence-electron chi connectivity index (χ1n) is 6.55. The molecule has 2 unspecified atom stereocenters. The topological polar surface area (TPSA) is 55.6 Å². The zero-order valence-corrected chi connectivity index (χ0v) is 10.5. The Morgan fingerprint density at radius 1 is 1.41 bits per heavy atom. The minimum Gasteiger partial charge on any atom is -0.463 e. The highest BCUT2D eigenvalue weighted by Crippen LogP contribution is 2.34. The van der Waals surface area contributed by atoms with Crippen molar-refractivity contribution in [3.63, 3.8) is 0 Å². The summed E-state index contributed by atoms with van der Waals surface area (Å²) >= 11 is 0. The number of nitrogens with zero attached hydrogens (tertiary/aromatic N) is 1. The monoisotopic (exact) mass is 238 g/mol. The fourth-order valence-corrected chi connectivity index (χ4v) is 3.08. The van der Waals surface area contributed by atoms with Crippen molar-refractivity contribution < 1.29 is 9.53 Å². The highest BCUT2D eigenvalue weighted by molar-refractivity contribution is 5.81. The summed E-state index contributed by atoms with van der Waals surface area (Å²) in [5.74, 6) is -0.242. The highest BCUT2D eigenvalue weighted by atomic mass is 16.5. The predicted molar refractivity (Wildman–Crippen MR) is 66.5 cm³/mol. The molecule has 0 aromatic carbocycles. The lowest BCUT2D eigenvalue weighted by atomic mass is 9.98. The largest absolute Gasteiger partial charge is 0.463 e. The van der Waals surface area contributed by atoms with Crippen molar-refractivity contribution in [3.8, 4) is 0 Å². The maximum absolute atomic E-state index is 11.2. The Labute approximate surface area is 103 Å². The first-order chi connectivity index (χ1) is 8.20. The average Bonchev–Trinajstić information content (AvgIpc) is 2.53. The van der Waals surface area contributed by atoms with Crippen LogP contribution in [0.3, 0.4) is 0 Å². The van der Waals surface area contributed by atoms with Crippen LogP contribution in [-0.2, 0) is 9.53 Å². The highest BCUT2D eigenvalue weighted by Gasteiger charge is 2.38. The van der Waals surface area contributed by atoms with Gasteiger partial charge in [-0.15, -0.1) is 0 Å². The van der Waals surface area contributed by atoms with Crippen LogP contribution < -0.4 is 5.73 Å². The van der Waals surface area contributed by atoms with E-state index in [0.717, 1.165) is 19.4 Å². The smallest absolute Gasteiger partial charge is 0.330 e. The van der Waals surface area contributed by atoms with Crippen LogP contribution in [0.5, 0.6) is 0 Å². The van der Waals surface area contributed by atoms with E-state index < -0.39 is 0 Å². The lowest BCUT2D eigenvalue weighted by molar-refractivity contribution is -0.137. The average molecular weight is 238 g/mol. The van der Waals surface area contributed by atoms with Crippen molar-refractivity contribution in [2.75, 3.05) is 13.2 Å². The molecule has 0 spiro atoms. The number of hydrogen-bond acceptors (Lipinski definition) is 4. The number of hydrogen-bond donors (Lipinski definition) is 1. The summed E-state index contributed by atoms with van der Waals surface area (Å²) in [6.45, 7) is 3.10. The number of piperidine rings is 1. The molecule has 0 aromatic heterocycles. The molecule has 2 atom stereocenters. The van der Waals surface area contributed by atoms with Gasteiger partial charge in [0.15, 0.2) is 0 Å². The molecule has 2 saturated heterocycles. The van der Waals surface area contributed by atoms with Gasteiger partial charge in [0.25, 0.3) is 0 Å². The third-order valence-electron chi connectivity index (χ3n) is 3.78. The molecule has 2 N–H and O–H groups in total. The molecule has 2 bridgehead atoms. The van der Waals surface area contributed by atoms with Gasteiger partial charge in [-0.1, -0.05) is 6.08 Å². The third-order valence-corrected chi connectivity index (χ3v) is 3.78. The molecule has 4 heteroatoms. The Morgan fingerprint density at radius 2 is 2.06 bits per heavy atom. The van der Waals surface area contributed by atoms with Crippen molar-refractivity contribution in [1.29, 1.82) is 0 Å². The van der Waals surface area contributed by atoms with E-state index in [1.54, 1.807) is 0 Å². The molecule has 96 valence electrons. The molecule has 0 amide bonds. The standard InChI is InChI=1S/C13H22N2O2/c1-2-17-13(16)4-3-7-15-11-5-6-12(15)9-10(14)8-11/h3-4,10-12H,2,5-9,14H2,1H3/b4-3+. The van der Waals surface area contributed by atoms with E-state index in [1.807, 2.05) is 13.0 Å². The summed E-state index contributed by atoms with van der Waals surface area (Å²) in [6, 6.07) is 1.61. The van der Waals surface area contributed by atoms with Crippen molar-refractivity contribution in [2.45, 2.75) is 50.7 Å². The lowest BCUT2D eigenvalue weighted by Gasteiger charge is -2.36. The van der Waals surface area contributed by atoms with E-state index in [9.17, 15) is 4.79 Å². The molecule has 0 aliphatic carbocycles. The Morgan fingerprint density at radius 3 is 2.65 bits per heavy atom. The first-order valence-corrected chi connectivity index (χ1v) is 6.55. The minimum absolute atomic E-state index is 0.242. The number of carbonyl (C=O) groups excluding carboxylic acids is 1. The van der Waals surface area contributed by atoms with Gasteiger partial charge in [0.05, 0.1) is 6.61 Å². The van der Waals surface area contributed by atoms with Gasteiger partial charge in [0, 0.05) is 30.7 Å². The van der Waals surface area contributed by atoms with Crippen molar-refractivity contribution in [3.05, 3.63) is 12.2 Å². The normalized spacial score (nSPS) is 33.2.